The van der Waals surface area contributed by atoms with E-state index in [1.54, 1.807) is 0 Å². The van der Waals surface area contributed by atoms with Crippen LogP contribution in [0, 0.1) is 0 Å². The number of hydrogen-bond donors (Lipinski definition) is 2. The highest BCUT2D eigenvalue weighted by molar-refractivity contribution is 7.47. The van der Waals surface area contributed by atoms with Gasteiger partial charge in [-0.15, -0.1) is 0 Å². The van der Waals surface area contributed by atoms with Crippen molar-refractivity contribution in [2.24, 2.45) is 0 Å². The van der Waals surface area contributed by atoms with Crippen molar-refractivity contribution in [2.75, 3.05) is 25.1 Å². The summed E-state index contributed by atoms with van der Waals surface area (Å²) in [5.41, 5.74) is 16.0. The van der Waals surface area contributed by atoms with Gasteiger partial charge in [-0.3, -0.25) is 23.7 Å². The Kier molecular flexibility index (Phi) is 8.93. The zero-order chi connectivity index (χ0) is 30.6. The van der Waals surface area contributed by atoms with E-state index in [-0.39, 0.29) is 30.2 Å². The van der Waals surface area contributed by atoms with E-state index in [1.807, 2.05) is 0 Å². The second kappa shape index (κ2) is 12.4. The Hall–Kier alpha value is -4.74. The van der Waals surface area contributed by atoms with Crippen molar-refractivity contribution >= 4 is 60.0 Å². The molecule has 4 heterocycles. The van der Waals surface area contributed by atoms with Gasteiger partial charge in [-0.05, 0) is 13.8 Å². The minimum Gasteiger partial charge on any atom is -0.457 e. The molecule has 2 unspecified atom stereocenters. The zero-order valence-corrected chi connectivity index (χ0v) is 22.4. The number of nitrogens with one attached hydrogen (secondary N) is 1. The van der Waals surface area contributed by atoms with Gasteiger partial charge in [-0.2, -0.15) is 9.58 Å². The molecule has 0 radical (unpaired) electrons. The number of imidazole rings is 1. The third-order valence-corrected chi connectivity index (χ3v) is 6.58. The summed E-state index contributed by atoms with van der Waals surface area (Å²) >= 11 is 0. The second-order valence-electron chi connectivity index (χ2n) is 8.11. The maximum atomic E-state index is 12.8. The van der Waals surface area contributed by atoms with Gasteiger partial charge in [0.25, 0.3) is 0 Å². The van der Waals surface area contributed by atoms with Gasteiger partial charge in [0, 0.05) is 0 Å². The lowest BCUT2D eigenvalue weighted by Gasteiger charge is -2.29. The van der Waals surface area contributed by atoms with E-state index in [2.05, 4.69) is 39.3 Å². The molecular weight excluding hydrogens is 589 g/mol. The lowest BCUT2D eigenvalue weighted by molar-refractivity contribution is -0.158. The van der Waals surface area contributed by atoms with Gasteiger partial charge in [0.15, 0.2) is 29.3 Å². The van der Waals surface area contributed by atoms with Gasteiger partial charge in [0.05, 0.1) is 26.1 Å². The number of carbonyl (C=O) groups excluding carboxylic acids is 4. The first kappa shape index (κ1) is 30.2. The number of rotatable bonds is 9. The van der Waals surface area contributed by atoms with Gasteiger partial charge in [0.1, 0.15) is 18.5 Å². The summed E-state index contributed by atoms with van der Waals surface area (Å²) in [6.45, 7) is 2.18. The van der Waals surface area contributed by atoms with E-state index in [0.29, 0.717) is 0 Å². The Bertz CT molecular complexity index is 1600. The molecule has 21 nitrogen and oxygen atoms in total. The molecule has 42 heavy (non-hydrogen) atoms. The van der Waals surface area contributed by atoms with Crippen molar-refractivity contribution in [3.8, 4) is 0 Å². The van der Waals surface area contributed by atoms with Crippen molar-refractivity contribution < 1.29 is 66.2 Å². The minimum absolute atomic E-state index is 0.0573. The van der Waals surface area contributed by atoms with Crippen molar-refractivity contribution in [1.29, 1.82) is 0 Å². The maximum absolute atomic E-state index is 12.8. The number of phosphoric ester groups is 1. The Morgan fingerprint density at radius 2 is 1.76 bits per heavy atom. The number of phosphoric acid groups is 1. The van der Waals surface area contributed by atoms with Crippen molar-refractivity contribution in [3.05, 3.63) is 23.7 Å². The summed E-state index contributed by atoms with van der Waals surface area (Å²) in [5.74, 6) is -5.46. The molecule has 0 saturated carbocycles. The number of carbonyl (C=O) groups is 4. The molecule has 22 heteroatoms. The van der Waals surface area contributed by atoms with Crippen LogP contribution < -0.4 is 5.32 Å². The minimum atomic E-state index is -4.61. The van der Waals surface area contributed by atoms with Crippen LogP contribution in [0.5, 0.6) is 0 Å². The van der Waals surface area contributed by atoms with Crippen LogP contribution in [-0.2, 0) is 51.7 Å². The van der Waals surface area contributed by atoms with Crippen LogP contribution in [0.25, 0.3) is 22.2 Å². The molecule has 4 rings (SSSR count). The topological polar surface area (TPSA) is 289 Å². The number of nitrogens with zero attached hydrogens (tertiary/aromatic N) is 8. The monoisotopic (exact) mass is 609 g/mol. The van der Waals surface area contributed by atoms with Gasteiger partial charge in [-0.1, -0.05) is 0 Å². The third-order valence-electron chi connectivity index (χ3n) is 5.60. The molecule has 1 amide bonds. The molecule has 0 spiro atoms. The highest BCUT2D eigenvalue weighted by Gasteiger charge is 2.56. The number of hydrogen-bond acceptors (Lipinski definition) is 14. The SMILES string of the molecule is CCOC(=O)C(=[N+]=[N-])C(=O)Nc1ncnc2c1ncn2[C@@H]1O[C@@H]2COP(=O)(O)OC2[C@H]1OC(=O)C(=[N+]=[N-])C(=O)OCC. The predicted molar refractivity (Wildman–Crippen MR) is 129 cm³/mol. The summed E-state index contributed by atoms with van der Waals surface area (Å²) in [4.78, 5) is 76.5. The van der Waals surface area contributed by atoms with E-state index in [0.717, 1.165) is 12.7 Å². The lowest BCUT2D eigenvalue weighted by Crippen LogP contribution is -2.43. The van der Waals surface area contributed by atoms with Crippen LogP contribution in [0.3, 0.4) is 0 Å². The molecule has 2 saturated heterocycles. The fourth-order valence-electron chi connectivity index (χ4n) is 3.89. The highest BCUT2D eigenvalue weighted by atomic mass is 31.2. The molecule has 2 fully saturated rings. The Morgan fingerprint density at radius 3 is 2.40 bits per heavy atom. The summed E-state index contributed by atoms with van der Waals surface area (Å²) in [5, 5.41) is 2.24. The standard InChI is InChI=1S/C20H20N9O12P/c1-3-36-18(31)10(27-21)16(30)26-14-9-15(24-6-23-14)29(7-25-9)17-13(12-8(39-17)5-38-42(34,35)41-12)40-20(33)11(28-22)19(32)37-4-2/h6-8,12-13,17H,3-5H2,1-2H3,(H,34,35)(H,23,24,26,30)/t8-,12?,13-,17-/m1/s1. The van der Waals surface area contributed by atoms with E-state index in [9.17, 15) is 34.2 Å². The van der Waals surface area contributed by atoms with Crippen LogP contribution in [0.15, 0.2) is 12.7 Å². The number of ether oxygens (including phenoxy) is 4. The fraction of sp³-hybridized carbons (Fsp3) is 0.450. The number of aromatic nitrogens is 4. The Balaban J connectivity index is 1.69. The summed E-state index contributed by atoms with van der Waals surface area (Å²) < 4.78 is 43.7. The summed E-state index contributed by atoms with van der Waals surface area (Å²) in [7, 11) is -4.61. The normalized spacial score (nSPS) is 24.5. The average molecular weight is 609 g/mol. The molecule has 0 aliphatic carbocycles. The average Bonchev–Trinajstić information content (AvgIpc) is 3.51. The van der Waals surface area contributed by atoms with E-state index >= 15 is 0 Å². The molecule has 5 atom stereocenters. The van der Waals surface area contributed by atoms with Crippen molar-refractivity contribution in [1.82, 2.24) is 19.5 Å². The van der Waals surface area contributed by atoms with E-state index in [1.165, 1.54) is 18.4 Å². The quantitative estimate of drug-likeness (QED) is 0.0625. The van der Waals surface area contributed by atoms with Crippen LogP contribution in [0.4, 0.5) is 5.82 Å². The molecular formula is C20H20N9O12P. The predicted octanol–water partition coefficient (Wildman–Crippen LogP) is -1.44. The fourth-order valence-corrected chi connectivity index (χ4v) is 4.85. The number of anilines is 1. The molecule has 2 aromatic heterocycles. The molecule has 0 aromatic carbocycles. The molecule has 0 bridgehead atoms. The molecule has 2 aliphatic rings. The first-order valence-corrected chi connectivity index (χ1v) is 13.3. The highest BCUT2D eigenvalue weighted by Crippen LogP contribution is 2.53. The molecule has 2 N–H and O–H groups in total. The summed E-state index contributed by atoms with van der Waals surface area (Å²) in [6.07, 6.45) is -3.43. The van der Waals surface area contributed by atoms with Gasteiger partial charge in [-0.25, -0.2) is 33.9 Å². The maximum Gasteiger partial charge on any atom is 0.482 e. The Labute approximate surface area is 233 Å². The molecule has 2 aromatic rings. The van der Waals surface area contributed by atoms with Crippen LogP contribution in [-0.4, -0.2) is 107 Å². The van der Waals surface area contributed by atoms with Crippen molar-refractivity contribution in [2.45, 2.75) is 38.4 Å². The molecule has 2 aliphatic heterocycles. The Morgan fingerprint density at radius 1 is 1.10 bits per heavy atom. The second-order valence-corrected chi connectivity index (χ2v) is 9.51. The van der Waals surface area contributed by atoms with Crippen LogP contribution in [0.1, 0.15) is 20.1 Å². The number of esters is 3. The van der Waals surface area contributed by atoms with Gasteiger partial charge < -0.3 is 34.9 Å². The third kappa shape index (κ3) is 5.97. The smallest absolute Gasteiger partial charge is 0.457 e. The van der Waals surface area contributed by atoms with E-state index < -0.39 is 74.2 Å². The largest absolute Gasteiger partial charge is 0.482 e. The van der Waals surface area contributed by atoms with Crippen LogP contribution >= 0.6 is 7.82 Å². The number of amides is 1. The first-order valence-electron chi connectivity index (χ1n) is 11.8. The summed E-state index contributed by atoms with van der Waals surface area (Å²) in [6, 6.07) is 0. The number of fused-ring (bicyclic) bond motifs is 2. The zero-order valence-electron chi connectivity index (χ0n) is 21.5. The van der Waals surface area contributed by atoms with Gasteiger partial charge in [0.2, 0.25) is 0 Å². The molecule has 222 valence electrons. The van der Waals surface area contributed by atoms with Crippen LogP contribution in [0.2, 0.25) is 0 Å². The van der Waals surface area contributed by atoms with Crippen molar-refractivity contribution in [3.63, 3.8) is 0 Å². The first-order chi connectivity index (χ1) is 20.0. The lowest BCUT2D eigenvalue weighted by atomic mass is 10.1. The van der Waals surface area contributed by atoms with E-state index in [4.69, 9.17) is 24.1 Å². The van der Waals surface area contributed by atoms with Gasteiger partial charge >= 0.3 is 43.1 Å².